The molecule has 0 aromatic carbocycles. The number of carboxylic acid groups (broad SMARTS) is 1. The summed E-state index contributed by atoms with van der Waals surface area (Å²) in [6.45, 7) is 1.84. The minimum Gasteiger partial charge on any atom is -0.477 e. The van der Waals surface area contributed by atoms with Crippen LogP contribution in [0.4, 0.5) is 5.69 Å². The molecule has 0 bridgehead atoms. The molecule has 2 heterocycles. The van der Waals surface area contributed by atoms with E-state index in [1.807, 2.05) is 0 Å². The lowest BCUT2D eigenvalue weighted by molar-refractivity contribution is -0.384. The topological polar surface area (TPSA) is 103 Å². The predicted octanol–water partition coefficient (Wildman–Crippen LogP) is 1.84. The number of carbonyl (C=O) groups is 1. The van der Waals surface area contributed by atoms with Crippen LogP contribution in [0.3, 0.4) is 0 Å². The fourth-order valence-corrected chi connectivity index (χ4v) is 2.16. The van der Waals surface area contributed by atoms with Crippen molar-refractivity contribution >= 4 is 23.3 Å². The summed E-state index contributed by atoms with van der Waals surface area (Å²) in [5, 5.41) is 24.3. The summed E-state index contributed by atoms with van der Waals surface area (Å²) >= 11 is 6.07. The summed E-state index contributed by atoms with van der Waals surface area (Å²) < 4.78 is 2.74. The second kappa shape index (κ2) is 4.97. The van der Waals surface area contributed by atoms with E-state index < -0.39 is 10.9 Å². The van der Waals surface area contributed by atoms with Crippen LogP contribution in [0.25, 0.3) is 0 Å². The van der Waals surface area contributed by atoms with Crippen LogP contribution in [0.15, 0.2) is 12.3 Å². The third-order valence-electron chi connectivity index (χ3n) is 2.91. The van der Waals surface area contributed by atoms with Gasteiger partial charge in [0, 0.05) is 18.7 Å². The molecule has 0 aliphatic carbocycles. The van der Waals surface area contributed by atoms with Crippen LogP contribution in [-0.4, -0.2) is 30.3 Å². The fourth-order valence-electron chi connectivity index (χ4n) is 1.93. The molecule has 2 aromatic rings. The van der Waals surface area contributed by atoms with E-state index in [9.17, 15) is 14.9 Å². The highest BCUT2D eigenvalue weighted by Crippen LogP contribution is 2.23. The summed E-state index contributed by atoms with van der Waals surface area (Å²) in [7, 11) is 1.66. The van der Waals surface area contributed by atoms with Gasteiger partial charge in [0.15, 0.2) is 0 Å². The Hall–Kier alpha value is -2.35. The third kappa shape index (κ3) is 2.37. The molecule has 1 N–H and O–H groups in total. The number of nitrogens with zero attached hydrogens (tertiary/aromatic N) is 4. The number of aromatic nitrogens is 3. The lowest BCUT2D eigenvalue weighted by Gasteiger charge is -2.05. The van der Waals surface area contributed by atoms with Crippen LogP contribution in [0.1, 0.15) is 21.7 Å². The van der Waals surface area contributed by atoms with E-state index in [2.05, 4.69) is 5.10 Å². The standard InChI is InChI=1S/C11H11ClN4O4/c1-6-8(10(12)14(2)13-6)5-15-4-7(16(19)20)3-9(15)11(17)18/h3-4H,5H2,1-2H3,(H,17,18). The minimum absolute atomic E-state index is 0.105. The molecule has 2 rings (SSSR count). The largest absolute Gasteiger partial charge is 0.477 e. The molecule has 0 saturated heterocycles. The van der Waals surface area contributed by atoms with Crippen LogP contribution in [0.5, 0.6) is 0 Å². The summed E-state index contributed by atoms with van der Waals surface area (Å²) in [5.41, 5.74) is 0.823. The smallest absolute Gasteiger partial charge is 0.352 e. The predicted molar refractivity (Wildman–Crippen MR) is 70.1 cm³/mol. The van der Waals surface area contributed by atoms with Gasteiger partial charge in [0.05, 0.1) is 23.4 Å². The van der Waals surface area contributed by atoms with Crippen LogP contribution in [0.2, 0.25) is 5.15 Å². The second-order valence-electron chi connectivity index (χ2n) is 4.25. The number of hydrogen-bond donors (Lipinski definition) is 1. The van der Waals surface area contributed by atoms with Crippen LogP contribution < -0.4 is 0 Å². The molecule has 106 valence electrons. The highest BCUT2D eigenvalue weighted by molar-refractivity contribution is 6.30. The molecule has 0 aliphatic rings. The Morgan fingerprint density at radius 1 is 1.60 bits per heavy atom. The molecule has 0 atom stereocenters. The summed E-state index contributed by atoms with van der Waals surface area (Å²) in [4.78, 5) is 21.2. The molecular weight excluding hydrogens is 288 g/mol. The Labute approximate surface area is 118 Å². The van der Waals surface area contributed by atoms with Gasteiger partial charge in [-0.2, -0.15) is 5.10 Å². The maximum Gasteiger partial charge on any atom is 0.352 e. The Balaban J connectivity index is 2.47. The summed E-state index contributed by atoms with van der Waals surface area (Å²) in [6.07, 6.45) is 1.17. The van der Waals surface area contributed by atoms with Crippen molar-refractivity contribution in [3.63, 3.8) is 0 Å². The van der Waals surface area contributed by atoms with Crippen molar-refractivity contribution in [2.24, 2.45) is 7.05 Å². The molecule has 9 heteroatoms. The number of rotatable bonds is 4. The van der Waals surface area contributed by atoms with Gasteiger partial charge in [-0.15, -0.1) is 0 Å². The average Bonchev–Trinajstić information content (AvgIpc) is 2.87. The number of hydrogen-bond acceptors (Lipinski definition) is 4. The second-order valence-corrected chi connectivity index (χ2v) is 4.61. The van der Waals surface area contributed by atoms with Crippen molar-refractivity contribution in [1.29, 1.82) is 0 Å². The van der Waals surface area contributed by atoms with E-state index in [1.54, 1.807) is 14.0 Å². The van der Waals surface area contributed by atoms with Crippen molar-refractivity contribution in [2.75, 3.05) is 0 Å². The van der Waals surface area contributed by atoms with Crippen LogP contribution >= 0.6 is 11.6 Å². The zero-order chi connectivity index (χ0) is 15.0. The van der Waals surface area contributed by atoms with Crippen molar-refractivity contribution < 1.29 is 14.8 Å². The highest BCUT2D eigenvalue weighted by Gasteiger charge is 2.21. The minimum atomic E-state index is -1.24. The average molecular weight is 299 g/mol. The lowest BCUT2D eigenvalue weighted by atomic mass is 10.2. The van der Waals surface area contributed by atoms with E-state index in [0.29, 0.717) is 16.4 Å². The quantitative estimate of drug-likeness (QED) is 0.685. The molecule has 0 fully saturated rings. The molecule has 0 aliphatic heterocycles. The van der Waals surface area contributed by atoms with Gasteiger partial charge in [-0.3, -0.25) is 14.8 Å². The van der Waals surface area contributed by atoms with Gasteiger partial charge < -0.3 is 9.67 Å². The Morgan fingerprint density at radius 2 is 2.25 bits per heavy atom. The van der Waals surface area contributed by atoms with E-state index in [4.69, 9.17) is 16.7 Å². The van der Waals surface area contributed by atoms with Gasteiger partial charge in [0.2, 0.25) is 0 Å². The normalized spacial score (nSPS) is 10.8. The molecule has 0 unspecified atom stereocenters. The highest BCUT2D eigenvalue weighted by atomic mass is 35.5. The maximum atomic E-state index is 11.1. The van der Waals surface area contributed by atoms with Gasteiger partial charge in [-0.25, -0.2) is 4.79 Å². The Morgan fingerprint density at radius 3 is 2.70 bits per heavy atom. The van der Waals surface area contributed by atoms with Crippen molar-refractivity contribution in [3.05, 3.63) is 44.5 Å². The number of nitro groups is 1. The van der Waals surface area contributed by atoms with E-state index in [0.717, 1.165) is 6.07 Å². The Bertz CT molecular complexity index is 704. The van der Waals surface area contributed by atoms with E-state index >= 15 is 0 Å². The number of aryl methyl sites for hydroxylation is 2. The zero-order valence-corrected chi connectivity index (χ0v) is 11.5. The third-order valence-corrected chi connectivity index (χ3v) is 3.38. The monoisotopic (exact) mass is 298 g/mol. The number of halogens is 1. The molecule has 20 heavy (non-hydrogen) atoms. The van der Waals surface area contributed by atoms with Crippen molar-refractivity contribution in [2.45, 2.75) is 13.5 Å². The maximum absolute atomic E-state index is 11.1. The van der Waals surface area contributed by atoms with Crippen LogP contribution in [-0.2, 0) is 13.6 Å². The molecule has 0 spiro atoms. The summed E-state index contributed by atoms with van der Waals surface area (Å²) in [6, 6.07) is 1.02. The first-order valence-electron chi connectivity index (χ1n) is 5.57. The lowest BCUT2D eigenvalue weighted by Crippen LogP contribution is -2.09. The molecule has 8 nitrogen and oxygen atoms in total. The first kappa shape index (κ1) is 14.1. The van der Waals surface area contributed by atoms with Gasteiger partial charge in [0.1, 0.15) is 10.8 Å². The fraction of sp³-hybridized carbons (Fsp3) is 0.273. The molecule has 2 aromatic heterocycles. The molecule has 0 saturated carbocycles. The first-order valence-corrected chi connectivity index (χ1v) is 5.95. The SMILES string of the molecule is Cc1nn(C)c(Cl)c1Cn1cc([N+](=O)[O-])cc1C(=O)O. The number of aromatic carboxylic acids is 1. The van der Waals surface area contributed by atoms with Gasteiger partial charge in [-0.1, -0.05) is 11.6 Å². The molecular formula is C11H11ClN4O4. The first-order chi connectivity index (χ1) is 9.31. The van der Waals surface area contributed by atoms with Crippen molar-refractivity contribution in [1.82, 2.24) is 14.3 Å². The zero-order valence-electron chi connectivity index (χ0n) is 10.7. The van der Waals surface area contributed by atoms with Crippen molar-refractivity contribution in [3.8, 4) is 0 Å². The molecule has 0 radical (unpaired) electrons. The van der Waals surface area contributed by atoms with Gasteiger partial charge in [-0.05, 0) is 6.92 Å². The van der Waals surface area contributed by atoms with E-state index in [1.165, 1.54) is 15.4 Å². The summed E-state index contributed by atoms with van der Waals surface area (Å²) in [5.74, 6) is -1.24. The number of carboxylic acids is 1. The molecule has 0 amide bonds. The van der Waals surface area contributed by atoms with E-state index in [-0.39, 0.29) is 17.9 Å². The van der Waals surface area contributed by atoms with Crippen LogP contribution in [0, 0.1) is 17.0 Å². The Kier molecular flexibility index (Phi) is 3.49. The van der Waals surface area contributed by atoms with Gasteiger partial charge in [0.25, 0.3) is 5.69 Å². The van der Waals surface area contributed by atoms with Gasteiger partial charge >= 0.3 is 5.97 Å².